The van der Waals surface area contributed by atoms with Gasteiger partial charge in [0.1, 0.15) is 13.2 Å². The minimum absolute atomic E-state index is 0.0626. The van der Waals surface area contributed by atoms with Crippen molar-refractivity contribution in [1.82, 2.24) is 0 Å². The summed E-state index contributed by atoms with van der Waals surface area (Å²) in [5.74, 6) is -0.00391. The van der Waals surface area contributed by atoms with Crippen LogP contribution in [0.25, 0.3) is 0 Å². The topological polar surface area (TPSA) is 78.9 Å². The summed E-state index contributed by atoms with van der Waals surface area (Å²) in [4.78, 5) is 37.9. The second kappa shape index (κ2) is 47.5. The average Bonchev–Trinajstić information content (AvgIpc) is 3.22. The highest BCUT2D eigenvalue weighted by Gasteiger charge is 2.19. The Kier molecular flexibility index (Phi) is 46.2. The number of hydrogen-bond donors (Lipinski definition) is 0. The molecule has 350 valence electrons. The van der Waals surface area contributed by atoms with Gasteiger partial charge in [0.15, 0.2) is 6.10 Å². The van der Waals surface area contributed by atoms with E-state index in [1.54, 1.807) is 0 Å². The summed E-state index contributed by atoms with van der Waals surface area (Å²) in [6.07, 6.45) is 49.4. The zero-order chi connectivity index (χ0) is 43.1. The zero-order valence-electron chi connectivity index (χ0n) is 40.2. The van der Waals surface area contributed by atoms with E-state index in [2.05, 4.69) is 27.7 Å². The molecule has 0 aliphatic rings. The predicted molar refractivity (Wildman–Crippen MR) is 252 cm³/mol. The van der Waals surface area contributed by atoms with Gasteiger partial charge in [0, 0.05) is 19.3 Å². The lowest BCUT2D eigenvalue weighted by atomic mass is 10.0. The maximum absolute atomic E-state index is 12.8. The summed E-state index contributed by atoms with van der Waals surface area (Å²) < 4.78 is 16.8. The standard InChI is InChI=1S/C53H102O6/c1-5-7-9-11-13-15-17-18-19-22-26-30-34-38-42-46-53(56)59-50(47-57-51(54)44-40-36-32-28-16-14-12-10-8-6-2)48-58-52(55)45-41-37-33-29-25-23-20-21-24-27-31-35-39-43-49(3)4/h49-50H,5-48H2,1-4H3/t50-/m1/s1. The average molecular weight is 835 g/mol. The van der Waals surface area contributed by atoms with Gasteiger partial charge < -0.3 is 14.2 Å². The van der Waals surface area contributed by atoms with Crippen molar-refractivity contribution in [1.29, 1.82) is 0 Å². The van der Waals surface area contributed by atoms with Gasteiger partial charge >= 0.3 is 17.9 Å². The van der Waals surface area contributed by atoms with E-state index in [9.17, 15) is 14.4 Å². The molecular weight excluding hydrogens is 733 g/mol. The molecule has 0 aromatic heterocycles. The molecular formula is C53H102O6. The Balaban J connectivity index is 4.27. The summed E-state index contributed by atoms with van der Waals surface area (Å²) >= 11 is 0. The molecule has 0 saturated heterocycles. The number of hydrogen-bond acceptors (Lipinski definition) is 6. The van der Waals surface area contributed by atoms with Gasteiger partial charge in [-0.2, -0.15) is 0 Å². The maximum Gasteiger partial charge on any atom is 0.306 e. The van der Waals surface area contributed by atoms with Gasteiger partial charge in [0.05, 0.1) is 0 Å². The van der Waals surface area contributed by atoms with E-state index in [1.165, 1.54) is 193 Å². The number of esters is 3. The monoisotopic (exact) mass is 835 g/mol. The fraction of sp³-hybridized carbons (Fsp3) is 0.943. The summed E-state index contributed by atoms with van der Waals surface area (Å²) in [6, 6.07) is 0. The summed E-state index contributed by atoms with van der Waals surface area (Å²) in [5.41, 5.74) is 0. The quantitative estimate of drug-likeness (QED) is 0.0345. The van der Waals surface area contributed by atoms with Crippen LogP contribution in [0.15, 0.2) is 0 Å². The fourth-order valence-electron chi connectivity index (χ4n) is 8.04. The first-order chi connectivity index (χ1) is 28.9. The molecule has 6 nitrogen and oxygen atoms in total. The van der Waals surface area contributed by atoms with Crippen molar-refractivity contribution < 1.29 is 28.6 Å². The second-order valence-corrected chi connectivity index (χ2v) is 18.6. The van der Waals surface area contributed by atoms with Gasteiger partial charge in [0.25, 0.3) is 0 Å². The summed E-state index contributed by atoms with van der Waals surface area (Å²) in [5, 5.41) is 0. The van der Waals surface area contributed by atoms with Gasteiger partial charge in [-0.3, -0.25) is 14.4 Å². The number of carbonyl (C=O) groups excluding carboxylic acids is 3. The zero-order valence-corrected chi connectivity index (χ0v) is 40.2. The van der Waals surface area contributed by atoms with E-state index >= 15 is 0 Å². The molecule has 0 heterocycles. The SMILES string of the molecule is CCCCCCCCCCCCCCCCCC(=O)O[C@H](COC(=O)CCCCCCCCCCCC)COC(=O)CCCCCCCCCCCCCCCC(C)C. The van der Waals surface area contributed by atoms with Crippen LogP contribution in [0.2, 0.25) is 0 Å². The Morgan fingerprint density at radius 3 is 0.831 bits per heavy atom. The van der Waals surface area contributed by atoms with E-state index < -0.39 is 6.10 Å². The minimum Gasteiger partial charge on any atom is -0.462 e. The van der Waals surface area contributed by atoms with Crippen molar-refractivity contribution >= 4 is 17.9 Å². The molecule has 0 fully saturated rings. The highest BCUT2D eigenvalue weighted by atomic mass is 16.6. The number of rotatable bonds is 48. The minimum atomic E-state index is -0.760. The number of unbranched alkanes of at least 4 members (excludes halogenated alkanes) is 35. The molecule has 59 heavy (non-hydrogen) atoms. The van der Waals surface area contributed by atoms with Gasteiger partial charge in [0.2, 0.25) is 0 Å². The lowest BCUT2D eigenvalue weighted by Gasteiger charge is -2.18. The molecule has 0 aromatic carbocycles. The van der Waals surface area contributed by atoms with Crippen LogP contribution in [-0.2, 0) is 28.6 Å². The normalized spacial score (nSPS) is 11.9. The molecule has 0 unspecified atom stereocenters. The Hall–Kier alpha value is -1.59. The van der Waals surface area contributed by atoms with E-state index in [1.807, 2.05) is 0 Å². The third kappa shape index (κ3) is 47.3. The molecule has 0 amide bonds. The molecule has 0 N–H and O–H groups in total. The molecule has 0 bridgehead atoms. The van der Waals surface area contributed by atoms with E-state index in [-0.39, 0.29) is 31.1 Å². The van der Waals surface area contributed by atoms with Gasteiger partial charge in [-0.1, -0.05) is 259 Å². The van der Waals surface area contributed by atoms with E-state index in [4.69, 9.17) is 14.2 Å². The van der Waals surface area contributed by atoms with Gasteiger partial charge in [-0.05, 0) is 25.2 Å². The smallest absolute Gasteiger partial charge is 0.306 e. The molecule has 0 aromatic rings. The lowest BCUT2D eigenvalue weighted by molar-refractivity contribution is -0.167. The molecule has 1 atom stereocenters. The lowest BCUT2D eigenvalue weighted by Crippen LogP contribution is -2.30. The third-order valence-corrected chi connectivity index (χ3v) is 12.0. The van der Waals surface area contributed by atoms with E-state index in [0.29, 0.717) is 19.3 Å². The highest BCUT2D eigenvalue weighted by molar-refractivity contribution is 5.71. The summed E-state index contributed by atoms with van der Waals surface area (Å²) in [6.45, 7) is 9.03. The van der Waals surface area contributed by atoms with Crippen molar-refractivity contribution in [3.63, 3.8) is 0 Å². The Morgan fingerprint density at radius 2 is 0.559 bits per heavy atom. The van der Waals surface area contributed by atoms with Crippen LogP contribution in [-0.4, -0.2) is 37.2 Å². The fourth-order valence-corrected chi connectivity index (χ4v) is 8.04. The van der Waals surface area contributed by atoms with E-state index in [0.717, 1.165) is 63.7 Å². The molecule has 0 aliphatic heterocycles. The second-order valence-electron chi connectivity index (χ2n) is 18.6. The number of ether oxygens (including phenoxy) is 3. The molecule has 6 heteroatoms. The highest BCUT2D eigenvalue weighted by Crippen LogP contribution is 2.17. The van der Waals surface area contributed by atoms with Crippen LogP contribution < -0.4 is 0 Å². The molecule has 0 aliphatic carbocycles. The Labute approximate surface area is 368 Å². The summed E-state index contributed by atoms with van der Waals surface area (Å²) in [7, 11) is 0. The molecule has 0 rings (SSSR count). The third-order valence-electron chi connectivity index (χ3n) is 12.0. The van der Waals surface area contributed by atoms with Crippen LogP contribution in [0.1, 0.15) is 297 Å². The van der Waals surface area contributed by atoms with Crippen molar-refractivity contribution in [2.24, 2.45) is 5.92 Å². The molecule has 0 saturated carbocycles. The first-order valence-corrected chi connectivity index (χ1v) is 26.4. The van der Waals surface area contributed by atoms with Crippen LogP contribution in [0.4, 0.5) is 0 Å². The van der Waals surface area contributed by atoms with Crippen molar-refractivity contribution in [3.8, 4) is 0 Å². The molecule has 0 radical (unpaired) electrons. The predicted octanol–water partition coefficient (Wildman–Crippen LogP) is 17.1. The Bertz CT molecular complexity index is 887. The number of carbonyl (C=O) groups is 3. The largest absolute Gasteiger partial charge is 0.462 e. The van der Waals surface area contributed by atoms with Crippen molar-refractivity contribution in [2.45, 2.75) is 303 Å². The van der Waals surface area contributed by atoms with Gasteiger partial charge in [-0.15, -0.1) is 0 Å². The molecule has 0 spiro atoms. The van der Waals surface area contributed by atoms with Crippen LogP contribution in [0.5, 0.6) is 0 Å². The van der Waals surface area contributed by atoms with Crippen LogP contribution in [0, 0.1) is 5.92 Å². The first-order valence-electron chi connectivity index (χ1n) is 26.4. The Morgan fingerprint density at radius 1 is 0.322 bits per heavy atom. The van der Waals surface area contributed by atoms with Crippen molar-refractivity contribution in [2.75, 3.05) is 13.2 Å². The van der Waals surface area contributed by atoms with Crippen LogP contribution >= 0.6 is 0 Å². The maximum atomic E-state index is 12.8. The van der Waals surface area contributed by atoms with Crippen molar-refractivity contribution in [3.05, 3.63) is 0 Å². The van der Waals surface area contributed by atoms with Gasteiger partial charge in [-0.25, -0.2) is 0 Å². The first kappa shape index (κ1) is 57.4. The van der Waals surface area contributed by atoms with Crippen LogP contribution in [0.3, 0.4) is 0 Å².